The zero-order valence-corrected chi connectivity index (χ0v) is 13.2. The predicted octanol–water partition coefficient (Wildman–Crippen LogP) is 3.78. The molecule has 1 aromatic carbocycles. The number of ether oxygens (including phenoxy) is 2. The molecule has 0 bridgehead atoms. The monoisotopic (exact) mass is 310 g/mol. The number of carbonyl (C=O) groups excluding carboxylic acids is 1. The Balaban J connectivity index is 1.99. The molecule has 118 valence electrons. The lowest BCUT2D eigenvalue weighted by atomic mass is 10.1. The molecule has 3 aromatic rings. The lowest BCUT2D eigenvalue weighted by molar-refractivity contribution is 0.0528. The Bertz CT molecular complexity index is 909. The Morgan fingerprint density at radius 3 is 2.87 bits per heavy atom. The van der Waals surface area contributed by atoms with Crippen molar-refractivity contribution in [2.75, 3.05) is 13.7 Å². The van der Waals surface area contributed by atoms with E-state index in [0.29, 0.717) is 18.1 Å². The second-order valence-electron chi connectivity index (χ2n) is 5.85. The minimum Gasteiger partial charge on any atom is -0.497 e. The molecular formula is C18H18N2O3. The molecule has 23 heavy (non-hydrogen) atoms. The van der Waals surface area contributed by atoms with Gasteiger partial charge in [0.1, 0.15) is 5.75 Å². The van der Waals surface area contributed by atoms with E-state index in [0.717, 1.165) is 46.2 Å². The zero-order valence-electron chi connectivity index (χ0n) is 13.2. The Morgan fingerprint density at radius 2 is 2.17 bits per heavy atom. The zero-order chi connectivity index (χ0) is 16.0. The summed E-state index contributed by atoms with van der Waals surface area (Å²) in [5, 5.41) is 0.994. The molecule has 4 rings (SSSR count). The molecule has 0 aliphatic heterocycles. The topological polar surface area (TPSA) is 64.2 Å². The summed E-state index contributed by atoms with van der Waals surface area (Å²) >= 11 is 0. The maximum atomic E-state index is 12.4. The molecule has 1 aliphatic rings. The van der Waals surface area contributed by atoms with E-state index in [-0.39, 0.29) is 5.97 Å². The standard InChI is InChI=1S/C18H18N2O3/c1-3-23-18(21)13-9-14(10-4-5-10)19-16-12-7-6-11(22-2)8-15(12)20-17(13)16/h6-10,20H,3-5H2,1-2H3. The number of nitrogens with zero attached hydrogens (tertiary/aromatic N) is 1. The molecule has 5 heteroatoms. The van der Waals surface area contributed by atoms with Gasteiger partial charge in [0.25, 0.3) is 0 Å². The Hall–Kier alpha value is -2.56. The van der Waals surface area contributed by atoms with Crippen LogP contribution in [0.3, 0.4) is 0 Å². The first kappa shape index (κ1) is 14.1. The fourth-order valence-corrected chi connectivity index (χ4v) is 2.94. The van der Waals surface area contributed by atoms with Crippen LogP contribution in [-0.2, 0) is 4.74 Å². The summed E-state index contributed by atoms with van der Waals surface area (Å²) in [7, 11) is 1.64. The average molecular weight is 310 g/mol. The van der Waals surface area contributed by atoms with Crippen molar-refractivity contribution in [3.63, 3.8) is 0 Å². The van der Waals surface area contributed by atoms with Crippen LogP contribution in [0.1, 0.15) is 41.7 Å². The smallest absolute Gasteiger partial charge is 0.340 e. The van der Waals surface area contributed by atoms with E-state index in [9.17, 15) is 4.79 Å². The first-order valence-corrected chi connectivity index (χ1v) is 7.88. The summed E-state index contributed by atoms with van der Waals surface area (Å²) in [6, 6.07) is 7.68. The fraction of sp³-hybridized carbons (Fsp3) is 0.333. The molecule has 0 radical (unpaired) electrons. The van der Waals surface area contributed by atoms with Gasteiger partial charge in [0, 0.05) is 23.1 Å². The molecule has 0 unspecified atom stereocenters. The van der Waals surface area contributed by atoms with Crippen LogP contribution >= 0.6 is 0 Å². The SMILES string of the molecule is CCOC(=O)c1cc(C2CC2)nc2c1[nH]c1cc(OC)ccc12. The van der Waals surface area contributed by atoms with E-state index in [1.54, 1.807) is 7.11 Å². The Labute approximate surface area is 133 Å². The molecule has 0 amide bonds. The van der Waals surface area contributed by atoms with Gasteiger partial charge in [-0.1, -0.05) is 0 Å². The van der Waals surface area contributed by atoms with Gasteiger partial charge in [0.15, 0.2) is 0 Å². The Morgan fingerprint density at radius 1 is 1.35 bits per heavy atom. The lowest BCUT2D eigenvalue weighted by Gasteiger charge is -2.06. The third-order valence-electron chi connectivity index (χ3n) is 4.27. The molecule has 1 saturated carbocycles. The predicted molar refractivity (Wildman–Crippen MR) is 88.1 cm³/mol. The number of fused-ring (bicyclic) bond motifs is 3. The van der Waals surface area contributed by atoms with Gasteiger partial charge < -0.3 is 14.5 Å². The number of H-pyrrole nitrogens is 1. The van der Waals surface area contributed by atoms with Crippen LogP contribution in [0.4, 0.5) is 0 Å². The first-order chi connectivity index (χ1) is 11.2. The number of aromatic nitrogens is 2. The van der Waals surface area contributed by atoms with Crippen molar-refractivity contribution >= 4 is 27.9 Å². The van der Waals surface area contributed by atoms with Crippen molar-refractivity contribution in [2.45, 2.75) is 25.7 Å². The average Bonchev–Trinajstić information content (AvgIpc) is 3.35. The van der Waals surface area contributed by atoms with E-state index in [2.05, 4.69) is 4.98 Å². The van der Waals surface area contributed by atoms with Crippen LogP contribution in [-0.4, -0.2) is 29.7 Å². The van der Waals surface area contributed by atoms with Gasteiger partial charge in [0.2, 0.25) is 0 Å². The highest BCUT2D eigenvalue weighted by molar-refractivity contribution is 6.12. The first-order valence-electron chi connectivity index (χ1n) is 7.88. The van der Waals surface area contributed by atoms with Gasteiger partial charge in [-0.2, -0.15) is 0 Å². The van der Waals surface area contributed by atoms with Crippen LogP contribution in [0.25, 0.3) is 21.9 Å². The molecule has 0 spiro atoms. The maximum Gasteiger partial charge on any atom is 0.340 e. The van der Waals surface area contributed by atoms with Gasteiger partial charge in [-0.3, -0.25) is 4.98 Å². The number of benzene rings is 1. The number of hydrogen-bond acceptors (Lipinski definition) is 4. The van der Waals surface area contributed by atoms with Crippen LogP contribution in [0, 0.1) is 0 Å². The fourth-order valence-electron chi connectivity index (χ4n) is 2.94. The molecular weight excluding hydrogens is 292 g/mol. The maximum absolute atomic E-state index is 12.4. The number of carbonyl (C=O) groups is 1. The van der Waals surface area contributed by atoms with Gasteiger partial charge in [0.05, 0.1) is 35.8 Å². The summed E-state index contributed by atoms with van der Waals surface area (Å²) in [5.41, 5.74) is 4.02. The number of hydrogen-bond donors (Lipinski definition) is 1. The van der Waals surface area contributed by atoms with Crippen LogP contribution in [0.15, 0.2) is 24.3 Å². The molecule has 1 aliphatic carbocycles. The van der Waals surface area contributed by atoms with Gasteiger partial charge in [-0.15, -0.1) is 0 Å². The molecule has 1 N–H and O–H groups in total. The number of methoxy groups -OCH3 is 1. The minimum atomic E-state index is -0.305. The van der Waals surface area contributed by atoms with Gasteiger partial charge in [-0.25, -0.2) is 4.79 Å². The Kier molecular flexibility index (Phi) is 3.22. The second kappa shape index (κ2) is 5.26. The van der Waals surface area contributed by atoms with Crippen molar-refractivity contribution < 1.29 is 14.3 Å². The summed E-state index contributed by atoms with van der Waals surface area (Å²) in [4.78, 5) is 20.5. The summed E-state index contributed by atoms with van der Waals surface area (Å²) in [5.74, 6) is 0.931. The highest BCUT2D eigenvalue weighted by Crippen LogP contribution is 2.41. The number of rotatable bonds is 4. The normalized spacial score (nSPS) is 14.3. The second-order valence-corrected chi connectivity index (χ2v) is 5.85. The molecule has 2 heterocycles. The van der Waals surface area contributed by atoms with E-state index in [4.69, 9.17) is 14.5 Å². The summed E-state index contributed by atoms with van der Waals surface area (Å²) in [6.45, 7) is 2.17. The van der Waals surface area contributed by atoms with E-state index in [1.165, 1.54) is 0 Å². The lowest BCUT2D eigenvalue weighted by Crippen LogP contribution is -2.07. The van der Waals surface area contributed by atoms with E-state index >= 15 is 0 Å². The van der Waals surface area contributed by atoms with Crippen molar-refractivity contribution in [3.05, 3.63) is 35.5 Å². The third kappa shape index (κ3) is 2.32. The number of esters is 1. The van der Waals surface area contributed by atoms with Gasteiger partial charge in [-0.05, 0) is 38.0 Å². The number of nitrogens with one attached hydrogen (secondary N) is 1. The molecule has 2 aromatic heterocycles. The third-order valence-corrected chi connectivity index (χ3v) is 4.27. The van der Waals surface area contributed by atoms with Crippen LogP contribution in [0.5, 0.6) is 5.75 Å². The van der Waals surface area contributed by atoms with Crippen molar-refractivity contribution in [3.8, 4) is 5.75 Å². The highest BCUT2D eigenvalue weighted by atomic mass is 16.5. The number of aromatic amines is 1. The van der Waals surface area contributed by atoms with Crippen molar-refractivity contribution in [1.29, 1.82) is 0 Å². The highest BCUT2D eigenvalue weighted by Gasteiger charge is 2.28. The van der Waals surface area contributed by atoms with E-state index < -0.39 is 0 Å². The van der Waals surface area contributed by atoms with Crippen molar-refractivity contribution in [2.24, 2.45) is 0 Å². The molecule has 5 nitrogen and oxygen atoms in total. The van der Waals surface area contributed by atoms with Gasteiger partial charge >= 0.3 is 5.97 Å². The largest absolute Gasteiger partial charge is 0.497 e. The van der Waals surface area contributed by atoms with Crippen molar-refractivity contribution in [1.82, 2.24) is 9.97 Å². The number of pyridine rings is 1. The summed E-state index contributed by atoms with van der Waals surface area (Å²) in [6.07, 6.45) is 2.27. The summed E-state index contributed by atoms with van der Waals surface area (Å²) < 4.78 is 10.5. The van der Waals surface area contributed by atoms with Crippen LogP contribution in [0.2, 0.25) is 0 Å². The van der Waals surface area contributed by atoms with Crippen LogP contribution < -0.4 is 4.74 Å². The molecule has 1 fully saturated rings. The van der Waals surface area contributed by atoms with E-state index in [1.807, 2.05) is 31.2 Å². The molecule has 0 saturated heterocycles. The molecule has 0 atom stereocenters. The quantitative estimate of drug-likeness (QED) is 0.745. The minimum absolute atomic E-state index is 0.305.